The van der Waals surface area contributed by atoms with Gasteiger partial charge < -0.3 is 35.9 Å². The molecule has 0 saturated heterocycles. The number of nitrogens with two attached hydrogens (primary N) is 1. The Morgan fingerprint density at radius 1 is 1.17 bits per heavy atom. The zero-order valence-electron chi connectivity index (χ0n) is 17.8. The molecule has 0 bridgehead atoms. The number of alkyl halides is 3. The number of amides is 2. The van der Waals surface area contributed by atoms with Crippen molar-refractivity contribution in [2.45, 2.75) is 18.4 Å². The van der Waals surface area contributed by atoms with Crippen LogP contribution in [0, 0.1) is 5.82 Å². The molecule has 1 aliphatic rings. The fourth-order valence-corrected chi connectivity index (χ4v) is 3.48. The van der Waals surface area contributed by atoms with E-state index in [1.807, 2.05) is 5.32 Å². The summed E-state index contributed by atoms with van der Waals surface area (Å²) in [7, 11) is 0. The molecular formula is C22H19F4N5O4. The van der Waals surface area contributed by atoms with Gasteiger partial charge in [-0.1, -0.05) is 0 Å². The predicted octanol–water partition coefficient (Wildman–Crippen LogP) is 1.92. The lowest BCUT2D eigenvalue weighted by Crippen LogP contribution is -2.53. The Kier molecular flexibility index (Phi) is 6.37. The van der Waals surface area contributed by atoms with Crippen LogP contribution in [0.2, 0.25) is 0 Å². The number of urea groups is 1. The standard InChI is InChI=1S/C22H19F4N5O4/c23-15-6-1-11(22(24,25)26)9-16(15)29-21(34)28-12-2-4-13(5-3-12)31-18(27)14-7-8-35-20(14)30-19(31)17(33)10-32/h1-9,17,19,32-33H,10,27H2,(H2,28,29,34). The van der Waals surface area contributed by atoms with Gasteiger partial charge in [0, 0.05) is 11.4 Å². The molecule has 4 rings (SSSR count). The summed E-state index contributed by atoms with van der Waals surface area (Å²) in [5, 5.41) is 24.6. The van der Waals surface area contributed by atoms with E-state index >= 15 is 0 Å². The minimum Gasteiger partial charge on any atom is -0.446 e. The Hall–Kier alpha value is -4.10. The normalized spacial score (nSPS) is 16.3. The zero-order chi connectivity index (χ0) is 25.3. The smallest absolute Gasteiger partial charge is 0.416 e. The van der Waals surface area contributed by atoms with Crippen LogP contribution in [0.15, 0.2) is 64.2 Å². The lowest BCUT2D eigenvalue weighted by molar-refractivity contribution is -0.137. The number of nitrogens with zero attached hydrogens (tertiary/aromatic N) is 2. The summed E-state index contributed by atoms with van der Waals surface area (Å²) in [6, 6.07) is 8.28. The molecule has 0 aliphatic carbocycles. The number of hydrogen-bond donors (Lipinski definition) is 5. The number of anilines is 3. The van der Waals surface area contributed by atoms with Gasteiger partial charge in [0.25, 0.3) is 0 Å². The van der Waals surface area contributed by atoms with Crippen LogP contribution in [0.5, 0.6) is 0 Å². The number of aliphatic hydroxyl groups is 2. The predicted molar refractivity (Wildman–Crippen MR) is 117 cm³/mol. The first-order valence-electron chi connectivity index (χ1n) is 10.1. The molecule has 0 spiro atoms. The summed E-state index contributed by atoms with van der Waals surface area (Å²) in [4.78, 5) is 18.0. The second-order valence-corrected chi connectivity index (χ2v) is 7.51. The summed E-state index contributed by atoms with van der Waals surface area (Å²) in [6.45, 7) is -0.597. The van der Waals surface area contributed by atoms with Crippen LogP contribution in [0.25, 0.3) is 5.82 Å². The van der Waals surface area contributed by atoms with E-state index < -0.39 is 48.2 Å². The van der Waals surface area contributed by atoms with Crippen molar-refractivity contribution in [3.63, 3.8) is 0 Å². The second-order valence-electron chi connectivity index (χ2n) is 7.51. The fraction of sp³-hybridized carbons (Fsp3) is 0.182. The number of halogens is 4. The molecule has 0 saturated carbocycles. The van der Waals surface area contributed by atoms with Gasteiger partial charge in [0.15, 0.2) is 6.17 Å². The van der Waals surface area contributed by atoms with Crippen molar-refractivity contribution in [2.24, 2.45) is 10.7 Å². The number of furan rings is 1. The maximum Gasteiger partial charge on any atom is 0.416 e. The van der Waals surface area contributed by atoms with Crippen molar-refractivity contribution in [1.82, 2.24) is 0 Å². The van der Waals surface area contributed by atoms with Crippen molar-refractivity contribution in [2.75, 3.05) is 22.1 Å². The van der Waals surface area contributed by atoms with E-state index in [4.69, 9.17) is 10.2 Å². The lowest BCUT2D eigenvalue weighted by Gasteiger charge is -2.34. The Balaban J connectivity index is 1.53. The van der Waals surface area contributed by atoms with Gasteiger partial charge in [-0.25, -0.2) is 14.2 Å². The van der Waals surface area contributed by atoms with Crippen LogP contribution < -0.4 is 32.0 Å². The van der Waals surface area contributed by atoms with Gasteiger partial charge in [-0.2, -0.15) is 13.2 Å². The molecule has 2 atom stereocenters. The Morgan fingerprint density at radius 2 is 1.89 bits per heavy atom. The van der Waals surface area contributed by atoms with Gasteiger partial charge >= 0.3 is 12.2 Å². The van der Waals surface area contributed by atoms with Crippen LogP contribution in [-0.4, -0.2) is 35.1 Å². The van der Waals surface area contributed by atoms with E-state index in [0.29, 0.717) is 29.1 Å². The molecule has 0 fully saturated rings. The Labute approximate surface area is 194 Å². The van der Waals surface area contributed by atoms with Crippen LogP contribution in [-0.2, 0) is 6.18 Å². The maximum atomic E-state index is 13.9. The Morgan fingerprint density at radius 3 is 2.54 bits per heavy atom. The third kappa shape index (κ3) is 4.90. The average Bonchev–Trinajstić information content (AvgIpc) is 3.29. The topological polar surface area (TPSA) is 136 Å². The molecule has 13 heteroatoms. The highest BCUT2D eigenvalue weighted by Gasteiger charge is 2.32. The van der Waals surface area contributed by atoms with Crippen molar-refractivity contribution >= 4 is 28.9 Å². The third-order valence-electron chi connectivity index (χ3n) is 5.17. The molecule has 6 N–H and O–H groups in total. The van der Waals surface area contributed by atoms with Crippen LogP contribution in [0.1, 0.15) is 5.56 Å². The average molecular weight is 493 g/mol. The molecule has 2 amide bonds. The molecular weight excluding hydrogens is 474 g/mol. The number of carbonyl (C=O) groups excluding carboxylic acids is 1. The van der Waals surface area contributed by atoms with Crippen LogP contribution >= 0.6 is 0 Å². The quantitative estimate of drug-likeness (QED) is 0.345. The molecule has 0 radical (unpaired) electrons. The number of benzene rings is 2. The third-order valence-corrected chi connectivity index (χ3v) is 5.17. The van der Waals surface area contributed by atoms with E-state index in [-0.39, 0.29) is 17.1 Å². The molecule has 184 valence electrons. The van der Waals surface area contributed by atoms with Crippen LogP contribution in [0.3, 0.4) is 0 Å². The molecule has 3 aromatic rings. The summed E-state index contributed by atoms with van der Waals surface area (Å²) in [6.07, 6.45) is -5.61. The van der Waals surface area contributed by atoms with Gasteiger partial charge in [0.1, 0.15) is 17.7 Å². The molecule has 2 heterocycles. The first-order valence-corrected chi connectivity index (χ1v) is 10.1. The number of carbonyl (C=O) groups is 1. The largest absolute Gasteiger partial charge is 0.446 e. The summed E-state index contributed by atoms with van der Waals surface area (Å²) >= 11 is 0. The van der Waals surface area contributed by atoms with Gasteiger partial charge in [-0.15, -0.1) is 0 Å². The van der Waals surface area contributed by atoms with Gasteiger partial charge in [-0.3, -0.25) is 0 Å². The van der Waals surface area contributed by atoms with E-state index in [1.165, 1.54) is 35.4 Å². The minimum absolute atomic E-state index is 0.202. The highest BCUT2D eigenvalue weighted by molar-refractivity contribution is 6.00. The van der Waals surface area contributed by atoms with E-state index in [9.17, 15) is 32.6 Å². The van der Waals surface area contributed by atoms with Gasteiger partial charge in [0.2, 0.25) is 5.55 Å². The van der Waals surface area contributed by atoms with E-state index in [1.54, 1.807) is 6.07 Å². The SMILES string of the molecule is NC1=c2ccoc2=NC(C(O)CO)N1c1ccc(NC(=O)Nc2cc(C(F)(F)F)ccc2F)cc1. The number of aliphatic hydroxyl groups excluding tert-OH is 2. The molecule has 35 heavy (non-hydrogen) atoms. The monoisotopic (exact) mass is 493 g/mol. The first kappa shape index (κ1) is 24.0. The number of nitrogens with one attached hydrogen (secondary N) is 2. The molecule has 1 aliphatic heterocycles. The summed E-state index contributed by atoms with van der Waals surface area (Å²) in [5.41, 5.74) is 5.38. The number of fused-ring (bicyclic) bond motifs is 1. The lowest BCUT2D eigenvalue weighted by atomic mass is 10.1. The number of hydrogen-bond acceptors (Lipinski definition) is 7. The van der Waals surface area contributed by atoms with Crippen molar-refractivity contribution in [1.29, 1.82) is 0 Å². The molecule has 9 nitrogen and oxygen atoms in total. The summed E-state index contributed by atoms with van der Waals surface area (Å²) in [5.74, 6) is -0.824. The van der Waals surface area contributed by atoms with E-state index in [0.717, 1.165) is 0 Å². The minimum atomic E-state index is -4.70. The number of rotatable bonds is 5. The van der Waals surface area contributed by atoms with Crippen LogP contribution in [0.4, 0.5) is 39.4 Å². The fourth-order valence-electron chi connectivity index (χ4n) is 3.48. The second kappa shape index (κ2) is 9.27. The van der Waals surface area contributed by atoms with Gasteiger partial charge in [-0.05, 0) is 48.5 Å². The summed E-state index contributed by atoms with van der Waals surface area (Å²) < 4.78 is 57.7. The van der Waals surface area contributed by atoms with E-state index in [2.05, 4.69) is 10.3 Å². The van der Waals surface area contributed by atoms with Gasteiger partial charge in [0.05, 0.1) is 29.3 Å². The zero-order valence-corrected chi connectivity index (χ0v) is 17.8. The molecule has 1 aromatic heterocycles. The highest BCUT2D eigenvalue weighted by atomic mass is 19.4. The Bertz CT molecular complexity index is 1360. The van der Waals surface area contributed by atoms with Crippen molar-refractivity contribution in [3.8, 4) is 0 Å². The molecule has 2 unspecified atom stereocenters. The maximum absolute atomic E-state index is 13.9. The highest BCUT2D eigenvalue weighted by Crippen LogP contribution is 2.32. The van der Waals surface area contributed by atoms with Crippen molar-refractivity contribution < 1.29 is 37.0 Å². The molecule has 2 aromatic carbocycles. The first-order chi connectivity index (χ1) is 16.6. The van der Waals surface area contributed by atoms with Crippen molar-refractivity contribution in [3.05, 3.63) is 76.9 Å².